The van der Waals surface area contributed by atoms with Crippen LogP contribution in [0.4, 0.5) is 10.5 Å². The molecule has 0 bridgehead atoms. The summed E-state index contributed by atoms with van der Waals surface area (Å²) in [6, 6.07) is 7.00. The number of esters is 2. The third-order valence-electron chi connectivity index (χ3n) is 6.98. The Bertz CT molecular complexity index is 1200. The Balaban J connectivity index is 1.76. The predicted molar refractivity (Wildman–Crippen MR) is 130 cm³/mol. The van der Waals surface area contributed by atoms with Gasteiger partial charge in [-0.05, 0) is 44.9 Å². The summed E-state index contributed by atoms with van der Waals surface area (Å²) in [4.78, 5) is 41.7. The minimum absolute atomic E-state index is 0.0174. The van der Waals surface area contributed by atoms with Gasteiger partial charge in [0, 0.05) is 18.8 Å². The molecule has 198 valence electrons. The summed E-state index contributed by atoms with van der Waals surface area (Å²) < 4.78 is 34.3. The number of allylic oxidation sites excluding steroid dienone is 1. The van der Waals surface area contributed by atoms with Crippen molar-refractivity contribution in [2.24, 2.45) is 5.92 Å². The van der Waals surface area contributed by atoms with E-state index in [2.05, 4.69) is 0 Å². The zero-order valence-electron chi connectivity index (χ0n) is 21.6. The van der Waals surface area contributed by atoms with E-state index in [1.54, 1.807) is 45.0 Å². The molecule has 2 aliphatic heterocycles. The van der Waals surface area contributed by atoms with Crippen molar-refractivity contribution in [1.82, 2.24) is 0 Å². The molecular weight excluding hydrogens is 482 g/mol. The van der Waals surface area contributed by atoms with E-state index in [4.69, 9.17) is 28.4 Å². The molecule has 1 saturated carbocycles. The summed E-state index contributed by atoms with van der Waals surface area (Å²) >= 11 is 0. The quantitative estimate of drug-likeness (QED) is 0.432. The fourth-order valence-corrected chi connectivity index (χ4v) is 5.58. The number of para-hydroxylation sites is 2. The first-order valence-electron chi connectivity index (χ1n) is 12.3. The van der Waals surface area contributed by atoms with Crippen LogP contribution in [0.5, 0.6) is 5.75 Å². The first-order valence-corrected chi connectivity index (χ1v) is 12.3. The fraction of sp³-hybridized carbons (Fsp3) is 0.519. The molecule has 2 unspecified atom stereocenters. The molecule has 10 nitrogen and oxygen atoms in total. The molecule has 1 saturated heterocycles. The zero-order valence-corrected chi connectivity index (χ0v) is 21.6. The molecule has 0 N–H and O–H groups in total. The van der Waals surface area contributed by atoms with Gasteiger partial charge in [-0.15, -0.1) is 0 Å². The van der Waals surface area contributed by atoms with Gasteiger partial charge in [-0.1, -0.05) is 12.1 Å². The van der Waals surface area contributed by atoms with Crippen LogP contribution in [-0.2, 0) is 33.3 Å². The minimum Gasteiger partial charge on any atom is -0.477 e. The van der Waals surface area contributed by atoms with Crippen molar-refractivity contribution in [2.75, 3.05) is 32.3 Å². The molecule has 1 aromatic rings. The Kier molecular flexibility index (Phi) is 6.27. The van der Waals surface area contributed by atoms with Crippen LogP contribution in [0.1, 0.15) is 40.0 Å². The summed E-state index contributed by atoms with van der Waals surface area (Å²) in [5, 5.41) is 0. The van der Waals surface area contributed by atoms with Gasteiger partial charge in [0.1, 0.15) is 11.4 Å². The van der Waals surface area contributed by atoms with Crippen molar-refractivity contribution in [3.63, 3.8) is 0 Å². The van der Waals surface area contributed by atoms with Crippen LogP contribution in [0, 0.1) is 5.92 Å². The molecule has 0 radical (unpaired) electrons. The van der Waals surface area contributed by atoms with Crippen LogP contribution in [0.3, 0.4) is 0 Å². The van der Waals surface area contributed by atoms with Crippen LogP contribution in [0.25, 0.3) is 0 Å². The smallest absolute Gasteiger partial charge is 0.419 e. The van der Waals surface area contributed by atoms with Crippen LogP contribution in [0.2, 0.25) is 0 Å². The van der Waals surface area contributed by atoms with E-state index >= 15 is 0 Å². The maximum Gasteiger partial charge on any atom is 0.419 e. The number of ether oxygens (including phenoxy) is 6. The highest BCUT2D eigenvalue weighted by molar-refractivity contribution is 6.05. The van der Waals surface area contributed by atoms with E-state index in [-0.39, 0.29) is 17.6 Å². The number of carbonyl (C=O) groups excluding carboxylic acids is 3. The lowest BCUT2D eigenvalue weighted by Gasteiger charge is -2.47. The van der Waals surface area contributed by atoms with Crippen LogP contribution in [0.15, 0.2) is 46.7 Å². The topological polar surface area (TPSA) is 110 Å². The standard InChI is InChI=1S/C27H31NO9/c1-26(2,3)37-25(31)28-17-8-6-7-9-18(17)36-22-20(24(30)33-5)19(23(29)32-4)16-14-27(34-12-13-35-27)11-10-15(16)21(22)28/h6-9,16,22H,10-14H2,1-5H3. The number of amides is 1. The predicted octanol–water partition coefficient (Wildman–Crippen LogP) is 3.64. The van der Waals surface area contributed by atoms with E-state index in [0.29, 0.717) is 43.2 Å². The Morgan fingerprint density at radius 1 is 1.00 bits per heavy atom. The van der Waals surface area contributed by atoms with E-state index < -0.39 is 41.4 Å². The van der Waals surface area contributed by atoms with Crippen molar-refractivity contribution in [2.45, 2.75) is 57.5 Å². The molecule has 0 aromatic heterocycles. The molecule has 1 amide bonds. The average molecular weight is 514 g/mol. The Hall–Kier alpha value is -3.37. The summed E-state index contributed by atoms with van der Waals surface area (Å²) in [5.74, 6) is -2.59. The summed E-state index contributed by atoms with van der Waals surface area (Å²) in [6.45, 7) is 6.21. The van der Waals surface area contributed by atoms with E-state index in [0.717, 1.165) is 5.57 Å². The van der Waals surface area contributed by atoms with E-state index in [1.807, 2.05) is 0 Å². The molecule has 5 rings (SSSR count). The molecule has 10 heteroatoms. The summed E-state index contributed by atoms with van der Waals surface area (Å²) in [7, 11) is 2.49. The van der Waals surface area contributed by atoms with Crippen LogP contribution < -0.4 is 9.64 Å². The van der Waals surface area contributed by atoms with Crippen molar-refractivity contribution in [1.29, 1.82) is 0 Å². The lowest BCUT2D eigenvalue weighted by molar-refractivity contribution is -0.179. The second kappa shape index (κ2) is 9.18. The Morgan fingerprint density at radius 2 is 1.65 bits per heavy atom. The van der Waals surface area contributed by atoms with Gasteiger partial charge in [-0.25, -0.2) is 19.3 Å². The van der Waals surface area contributed by atoms with Crippen molar-refractivity contribution < 1.29 is 42.8 Å². The number of nitrogens with zero attached hydrogens (tertiary/aromatic N) is 1. The first kappa shape index (κ1) is 25.3. The third kappa shape index (κ3) is 4.27. The summed E-state index contributed by atoms with van der Waals surface area (Å²) in [5.41, 5.74) is 1.02. The van der Waals surface area contributed by atoms with E-state index in [1.165, 1.54) is 19.1 Å². The summed E-state index contributed by atoms with van der Waals surface area (Å²) in [6.07, 6.45) is -0.478. The highest BCUT2D eigenvalue weighted by atomic mass is 16.7. The Morgan fingerprint density at radius 3 is 2.30 bits per heavy atom. The van der Waals surface area contributed by atoms with E-state index in [9.17, 15) is 14.4 Å². The molecule has 37 heavy (non-hydrogen) atoms. The van der Waals surface area contributed by atoms with Gasteiger partial charge in [0.25, 0.3) is 0 Å². The monoisotopic (exact) mass is 513 g/mol. The molecule has 2 fully saturated rings. The average Bonchev–Trinajstić information content (AvgIpc) is 3.31. The number of hydrogen-bond acceptors (Lipinski definition) is 9. The molecule has 2 aliphatic carbocycles. The number of fused-ring (bicyclic) bond motifs is 3. The number of benzene rings is 1. The first-order chi connectivity index (χ1) is 17.6. The highest BCUT2D eigenvalue weighted by Gasteiger charge is 2.55. The van der Waals surface area contributed by atoms with Crippen molar-refractivity contribution in [3.8, 4) is 5.75 Å². The Labute approximate surface area is 215 Å². The number of hydrogen-bond donors (Lipinski definition) is 0. The molecule has 4 aliphatic rings. The number of anilines is 1. The van der Waals surface area contributed by atoms with Gasteiger partial charge in [-0.2, -0.15) is 0 Å². The molecule has 1 spiro atoms. The van der Waals surface area contributed by atoms with Gasteiger partial charge >= 0.3 is 18.0 Å². The molecule has 1 aromatic carbocycles. The third-order valence-corrected chi connectivity index (χ3v) is 6.98. The zero-order chi connectivity index (χ0) is 26.5. The molecular formula is C27H31NO9. The van der Waals surface area contributed by atoms with Gasteiger partial charge in [-0.3, -0.25) is 0 Å². The van der Waals surface area contributed by atoms with Crippen LogP contribution >= 0.6 is 0 Å². The normalized spacial score (nSPS) is 24.1. The number of methoxy groups -OCH3 is 2. The maximum absolute atomic E-state index is 13.7. The van der Waals surface area contributed by atoms with Crippen molar-refractivity contribution in [3.05, 3.63) is 46.7 Å². The molecule has 2 atom stereocenters. The number of carbonyl (C=O) groups is 3. The highest BCUT2D eigenvalue weighted by Crippen LogP contribution is 2.53. The number of rotatable bonds is 2. The fourth-order valence-electron chi connectivity index (χ4n) is 5.58. The molecule has 2 heterocycles. The van der Waals surface area contributed by atoms with Gasteiger partial charge in [0.2, 0.25) is 0 Å². The second-order valence-corrected chi connectivity index (χ2v) is 10.4. The maximum atomic E-state index is 13.7. The van der Waals surface area contributed by atoms with Crippen LogP contribution in [-0.4, -0.2) is 63.0 Å². The lowest BCUT2D eigenvalue weighted by atomic mass is 9.69. The van der Waals surface area contributed by atoms with Gasteiger partial charge in [0.15, 0.2) is 11.9 Å². The van der Waals surface area contributed by atoms with Gasteiger partial charge < -0.3 is 28.4 Å². The second-order valence-electron chi connectivity index (χ2n) is 10.4. The SMILES string of the molecule is COC(=O)C1=C(C(=O)OC)C2Oc3ccccc3N(C(=O)OC(C)(C)C)C2=C2CCC3(CC21)OCCO3. The van der Waals surface area contributed by atoms with Gasteiger partial charge in [0.05, 0.1) is 50.0 Å². The minimum atomic E-state index is -1.09. The van der Waals surface area contributed by atoms with Crippen molar-refractivity contribution >= 4 is 23.7 Å². The lowest BCUT2D eigenvalue weighted by Crippen LogP contribution is -2.51. The largest absolute Gasteiger partial charge is 0.477 e.